The molecule has 0 saturated heterocycles. The van der Waals surface area contributed by atoms with Gasteiger partial charge in [-0.25, -0.2) is 8.78 Å². The van der Waals surface area contributed by atoms with Gasteiger partial charge in [-0.3, -0.25) is 9.59 Å². The Morgan fingerprint density at radius 3 is 1.02 bits per heavy atom. The number of alkyl halides is 6. The summed E-state index contributed by atoms with van der Waals surface area (Å²) in [6.07, 6.45) is -15.9. The van der Waals surface area contributed by atoms with E-state index in [1.807, 2.05) is 27.7 Å². The van der Waals surface area contributed by atoms with E-state index in [2.05, 4.69) is 10.6 Å². The molecule has 8 rings (SSSR count). The molecule has 4 atom stereocenters. The summed E-state index contributed by atoms with van der Waals surface area (Å²) in [4.78, 5) is 49.9. The van der Waals surface area contributed by atoms with Crippen LogP contribution in [0.3, 0.4) is 0 Å². The van der Waals surface area contributed by atoms with E-state index in [9.17, 15) is 84.9 Å². The number of carboxylic acids is 2. The Morgan fingerprint density at radius 2 is 0.747 bits per heavy atom. The monoisotopic (exact) mass is 1290 g/mol. The molecule has 0 bridgehead atoms. The average molecular weight is 1290 g/mol. The van der Waals surface area contributed by atoms with Crippen molar-refractivity contribution >= 4 is 72.9 Å². The molecule has 0 aliphatic heterocycles. The molecule has 6 aromatic carbocycles. The SMILES string of the molecule is CC(C)c1c(C(=O)Nc2ccccc2)c(-c2ccc(C(F)(F)F)cc2)c(-c2ccc(F)cc2)n1CC[C@@H](O)C[C@@H](O)CC(=O)[O-].CC(C)c1c(C(=O)Nc2ccccc2)c(-c2ccc(C(F)(F)F)cc2)c(-c2ccc(F)cc2)n1CC[C@@H](O)C[C@@H](O)CC(=O)[O-].[Ca+2]. The first-order valence-electron chi connectivity index (χ1n) is 28.8. The maximum absolute atomic E-state index is 14.1. The molecule has 2 heterocycles. The minimum absolute atomic E-state index is 0. The zero-order valence-corrected chi connectivity index (χ0v) is 52.2. The predicted octanol–water partition coefficient (Wildman–Crippen LogP) is 11.6. The number of carbonyl (C=O) groups excluding carboxylic acids is 4. The summed E-state index contributed by atoms with van der Waals surface area (Å²) in [6, 6.07) is 37.0. The van der Waals surface area contributed by atoms with Crippen molar-refractivity contribution in [3.05, 3.63) is 203 Å². The molecular formula is C68H66CaF8N4O10. The van der Waals surface area contributed by atoms with Gasteiger partial charge in [0.05, 0.1) is 58.1 Å². The molecule has 0 radical (unpaired) electrons. The van der Waals surface area contributed by atoms with Gasteiger partial charge in [0, 0.05) is 71.8 Å². The molecule has 0 fully saturated rings. The summed E-state index contributed by atoms with van der Waals surface area (Å²) in [5.41, 5.74) is 3.69. The van der Waals surface area contributed by atoms with E-state index >= 15 is 0 Å². The standard InChI is InChI=1S/2C34H34F4N2O5.Ca/c2*1-20(2)31-30(33(45)39-25-6-4-3-5-7-25)29(21-8-12-23(13-9-21)34(36,37)38)32(22-10-14-24(35)15-11-22)40(31)17-16-26(41)18-27(42)19-28(43)44;/h2*3-15,20,26-27,41-42H,16-19H2,1-2H3,(H,39,45)(H,43,44);/q;;+2/p-2/t2*26-,27-;/m11./s1. The maximum Gasteiger partial charge on any atom is 2.00 e. The van der Waals surface area contributed by atoms with Crippen molar-refractivity contribution in [2.24, 2.45) is 0 Å². The number of anilines is 2. The molecule has 0 aliphatic carbocycles. The van der Waals surface area contributed by atoms with Gasteiger partial charge < -0.3 is 60.0 Å². The molecule has 2 amide bonds. The van der Waals surface area contributed by atoms with Crippen LogP contribution in [0.25, 0.3) is 44.8 Å². The first-order valence-corrected chi connectivity index (χ1v) is 28.8. The Kier molecular flexibility index (Phi) is 25.5. The number of benzene rings is 6. The average Bonchev–Trinajstić information content (AvgIpc) is 1.60. The van der Waals surface area contributed by atoms with Crippen LogP contribution in [0.5, 0.6) is 0 Å². The molecular weight excluding hydrogens is 1220 g/mol. The quantitative estimate of drug-likeness (QED) is 0.0248. The number of halogens is 8. The fourth-order valence-corrected chi connectivity index (χ4v) is 10.8. The number of aliphatic hydroxyl groups excluding tert-OH is 4. The van der Waals surface area contributed by atoms with Gasteiger partial charge in [-0.15, -0.1) is 0 Å². The normalized spacial score (nSPS) is 12.9. The Bertz CT molecular complexity index is 3480. The first kappa shape index (κ1) is 72.4. The van der Waals surface area contributed by atoms with Crippen molar-refractivity contribution in [2.75, 3.05) is 10.6 Å². The Balaban J connectivity index is 0.000000286. The molecule has 6 N–H and O–H groups in total. The van der Waals surface area contributed by atoms with E-state index in [0.29, 0.717) is 67.5 Å². The van der Waals surface area contributed by atoms with Crippen molar-refractivity contribution < 1.29 is 84.9 Å². The molecule has 2 aromatic heterocycles. The number of rotatable bonds is 24. The number of aliphatic carboxylic acids is 2. The van der Waals surface area contributed by atoms with Gasteiger partial charge >= 0.3 is 50.1 Å². The number of hydrogen-bond acceptors (Lipinski definition) is 10. The third-order valence-electron chi connectivity index (χ3n) is 14.7. The van der Waals surface area contributed by atoms with Crippen LogP contribution in [-0.4, -0.2) is 115 Å². The fraction of sp³-hybridized carbons (Fsp3) is 0.294. The third kappa shape index (κ3) is 19.2. The van der Waals surface area contributed by atoms with Gasteiger partial charge in [-0.2, -0.15) is 26.3 Å². The number of amides is 2. The number of hydrogen-bond donors (Lipinski definition) is 6. The van der Waals surface area contributed by atoms with E-state index < -0.39 is 96.1 Å². The smallest absolute Gasteiger partial charge is 0.550 e. The zero-order chi connectivity index (χ0) is 65.8. The maximum atomic E-state index is 14.1. The van der Waals surface area contributed by atoms with Crippen LogP contribution in [0.2, 0.25) is 0 Å². The number of nitrogens with zero attached hydrogens (tertiary/aromatic N) is 2. The van der Waals surface area contributed by atoms with Gasteiger partial charge in [0.1, 0.15) is 11.6 Å². The van der Waals surface area contributed by atoms with Gasteiger partial charge in [-0.05, 0) is 157 Å². The molecule has 476 valence electrons. The van der Waals surface area contributed by atoms with Crippen LogP contribution in [0, 0.1) is 11.6 Å². The summed E-state index contributed by atoms with van der Waals surface area (Å²) >= 11 is 0. The van der Waals surface area contributed by atoms with E-state index in [0.717, 1.165) is 24.3 Å². The zero-order valence-electron chi connectivity index (χ0n) is 50.0. The van der Waals surface area contributed by atoms with Crippen LogP contribution in [0.1, 0.15) is 121 Å². The summed E-state index contributed by atoms with van der Waals surface area (Å²) in [6.45, 7) is 7.52. The number of aromatic nitrogens is 2. The van der Waals surface area contributed by atoms with E-state index in [4.69, 9.17) is 0 Å². The largest absolute Gasteiger partial charge is 2.00 e. The van der Waals surface area contributed by atoms with Crippen molar-refractivity contribution in [3.8, 4) is 44.8 Å². The number of carbonyl (C=O) groups is 4. The second-order valence-electron chi connectivity index (χ2n) is 22.2. The van der Waals surface area contributed by atoms with E-state index in [1.165, 1.54) is 72.8 Å². The Labute approximate surface area is 549 Å². The fourth-order valence-electron chi connectivity index (χ4n) is 10.8. The molecule has 0 saturated carbocycles. The molecule has 0 unspecified atom stereocenters. The second-order valence-corrected chi connectivity index (χ2v) is 22.2. The summed E-state index contributed by atoms with van der Waals surface area (Å²) in [5, 5.41) is 69.0. The molecule has 8 aromatic rings. The number of aliphatic hydroxyl groups is 4. The van der Waals surface area contributed by atoms with Gasteiger partial charge in [0.25, 0.3) is 11.8 Å². The summed E-state index contributed by atoms with van der Waals surface area (Å²) in [5.74, 6) is -5.63. The third-order valence-corrected chi connectivity index (χ3v) is 14.7. The first-order chi connectivity index (χ1) is 42.5. The van der Waals surface area contributed by atoms with Gasteiger partial charge in [0.2, 0.25) is 0 Å². The molecule has 0 aliphatic rings. The number of nitrogens with one attached hydrogen (secondary N) is 2. The van der Waals surface area contributed by atoms with E-state index in [-0.39, 0.29) is 99.5 Å². The van der Waals surface area contributed by atoms with Crippen LogP contribution in [-0.2, 0) is 35.0 Å². The topological polar surface area (TPSA) is 229 Å². The van der Waals surface area contributed by atoms with Crippen molar-refractivity contribution in [1.29, 1.82) is 0 Å². The van der Waals surface area contributed by atoms with Gasteiger partial charge in [0.15, 0.2) is 0 Å². The van der Waals surface area contributed by atoms with Gasteiger partial charge in [-0.1, -0.05) is 88.4 Å². The Hall–Kier alpha value is -7.70. The Morgan fingerprint density at radius 1 is 0.451 bits per heavy atom. The predicted molar refractivity (Wildman–Crippen MR) is 325 cm³/mol. The van der Waals surface area contributed by atoms with E-state index in [1.54, 1.807) is 69.8 Å². The number of carboxylic acid groups (broad SMARTS) is 2. The summed E-state index contributed by atoms with van der Waals surface area (Å²) < 4.78 is 113. The summed E-state index contributed by atoms with van der Waals surface area (Å²) in [7, 11) is 0. The minimum atomic E-state index is -4.59. The van der Waals surface area contributed by atoms with Crippen LogP contribution in [0.4, 0.5) is 46.5 Å². The molecule has 14 nitrogen and oxygen atoms in total. The van der Waals surface area contributed by atoms with Crippen LogP contribution in [0.15, 0.2) is 158 Å². The molecule has 0 spiro atoms. The number of para-hydroxylation sites is 2. The molecule has 23 heteroatoms. The van der Waals surface area contributed by atoms with Crippen LogP contribution >= 0.6 is 0 Å². The van der Waals surface area contributed by atoms with Crippen LogP contribution < -0.4 is 20.8 Å². The molecule has 91 heavy (non-hydrogen) atoms. The van der Waals surface area contributed by atoms with Crippen molar-refractivity contribution in [1.82, 2.24) is 9.13 Å². The second kappa shape index (κ2) is 32.0. The minimum Gasteiger partial charge on any atom is -0.550 e. The van der Waals surface area contributed by atoms with Crippen molar-refractivity contribution in [3.63, 3.8) is 0 Å². The van der Waals surface area contributed by atoms with Crippen molar-refractivity contribution in [2.45, 2.75) is 128 Å².